The Kier molecular flexibility index (Phi) is 7.33. The van der Waals surface area contributed by atoms with E-state index in [1.165, 1.54) is 30.5 Å². The number of nitrogens with one attached hydrogen (secondary N) is 2. The van der Waals surface area contributed by atoms with Crippen LogP contribution in [0.2, 0.25) is 10.0 Å². The standard InChI is InChI=1S/C19H18Cl2FN3O2/c1-11(2)17(24-18(26)12-6-8-14(22)9-7-12)19(27)25-23-10-13-4-3-5-15(20)16(13)21/h3-11,17H,1-2H3,(H,24,26)(H,25,27)/b23-10+. The third-order valence-corrected chi connectivity index (χ3v) is 4.54. The number of halogens is 3. The van der Waals surface area contributed by atoms with Crippen molar-refractivity contribution in [2.45, 2.75) is 19.9 Å². The Labute approximate surface area is 166 Å². The predicted molar refractivity (Wildman–Crippen MR) is 105 cm³/mol. The second-order valence-corrected chi connectivity index (χ2v) is 6.86. The van der Waals surface area contributed by atoms with Gasteiger partial charge in [0.15, 0.2) is 0 Å². The fourth-order valence-corrected chi connectivity index (χ4v) is 2.57. The van der Waals surface area contributed by atoms with Crippen LogP contribution in [0.25, 0.3) is 0 Å². The molecular weight excluding hydrogens is 392 g/mol. The molecule has 1 atom stereocenters. The van der Waals surface area contributed by atoms with Crippen LogP contribution in [0.4, 0.5) is 4.39 Å². The van der Waals surface area contributed by atoms with Gasteiger partial charge in [-0.05, 0) is 36.2 Å². The van der Waals surface area contributed by atoms with Crippen LogP contribution in [0, 0.1) is 11.7 Å². The van der Waals surface area contributed by atoms with Gasteiger partial charge in [-0.1, -0.05) is 49.2 Å². The van der Waals surface area contributed by atoms with Crippen LogP contribution in [0.15, 0.2) is 47.6 Å². The normalized spacial score (nSPS) is 12.2. The Morgan fingerprint density at radius 2 is 1.78 bits per heavy atom. The van der Waals surface area contributed by atoms with Crippen molar-refractivity contribution >= 4 is 41.2 Å². The van der Waals surface area contributed by atoms with Crippen LogP contribution >= 0.6 is 23.2 Å². The molecule has 0 radical (unpaired) electrons. The molecule has 0 saturated heterocycles. The summed E-state index contributed by atoms with van der Waals surface area (Å²) >= 11 is 12.0. The SMILES string of the molecule is CC(C)C(NC(=O)c1ccc(F)cc1)C(=O)N/N=C/c1cccc(Cl)c1Cl. The van der Waals surface area contributed by atoms with Gasteiger partial charge in [0, 0.05) is 11.1 Å². The van der Waals surface area contributed by atoms with Crippen LogP contribution in [0.3, 0.4) is 0 Å². The zero-order valence-corrected chi connectivity index (χ0v) is 16.2. The third kappa shape index (κ3) is 5.77. The Morgan fingerprint density at radius 3 is 2.41 bits per heavy atom. The van der Waals surface area contributed by atoms with Crippen molar-refractivity contribution in [2.24, 2.45) is 11.0 Å². The summed E-state index contributed by atoms with van der Waals surface area (Å²) in [5, 5.41) is 7.19. The molecule has 2 amide bonds. The largest absolute Gasteiger partial charge is 0.340 e. The predicted octanol–water partition coefficient (Wildman–Crippen LogP) is 4.04. The average molecular weight is 410 g/mol. The van der Waals surface area contributed by atoms with Gasteiger partial charge in [-0.15, -0.1) is 0 Å². The Hall–Kier alpha value is -2.44. The molecule has 2 N–H and O–H groups in total. The maximum absolute atomic E-state index is 13.0. The molecule has 5 nitrogen and oxygen atoms in total. The number of benzene rings is 2. The number of hydrogen-bond acceptors (Lipinski definition) is 3. The van der Waals surface area contributed by atoms with Gasteiger partial charge in [0.1, 0.15) is 11.9 Å². The van der Waals surface area contributed by atoms with E-state index in [0.717, 1.165) is 0 Å². The van der Waals surface area contributed by atoms with Crippen molar-refractivity contribution in [2.75, 3.05) is 0 Å². The van der Waals surface area contributed by atoms with Gasteiger partial charge in [-0.3, -0.25) is 9.59 Å². The molecule has 2 rings (SSSR count). The van der Waals surface area contributed by atoms with Crippen molar-refractivity contribution < 1.29 is 14.0 Å². The second kappa shape index (κ2) is 9.48. The number of amides is 2. The molecule has 2 aromatic rings. The first-order chi connectivity index (χ1) is 12.8. The highest BCUT2D eigenvalue weighted by Crippen LogP contribution is 2.24. The molecule has 0 fully saturated rings. The summed E-state index contributed by atoms with van der Waals surface area (Å²) in [5.41, 5.74) is 3.18. The van der Waals surface area contributed by atoms with Crippen molar-refractivity contribution in [3.05, 3.63) is 69.5 Å². The zero-order valence-electron chi connectivity index (χ0n) is 14.7. The molecule has 1 unspecified atom stereocenters. The molecule has 0 spiro atoms. The highest BCUT2D eigenvalue weighted by molar-refractivity contribution is 6.43. The maximum Gasteiger partial charge on any atom is 0.262 e. The van der Waals surface area contributed by atoms with Gasteiger partial charge in [-0.25, -0.2) is 9.82 Å². The van der Waals surface area contributed by atoms with E-state index in [2.05, 4.69) is 15.8 Å². The second-order valence-electron chi connectivity index (χ2n) is 6.08. The smallest absolute Gasteiger partial charge is 0.262 e. The van der Waals surface area contributed by atoms with Crippen LogP contribution in [-0.2, 0) is 4.79 Å². The molecule has 8 heteroatoms. The van der Waals surface area contributed by atoms with Crippen LogP contribution < -0.4 is 10.7 Å². The fraction of sp³-hybridized carbons (Fsp3) is 0.211. The molecule has 0 bridgehead atoms. The van der Waals surface area contributed by atoms with Crippen LogP contribution in [0.1, 0.15) is 29.8 Å². The molecule has 0 aliphatic heterocycles. The van der Waals surface area contributed by atoms with Crippen molar-refractivity contribution in [3.63, 3.8) is 0 Å². The Bertz CT molecular complexity index is 855. The minimum absolute atomic E-state index is 0.195. The first-order valence-corrected chi connectivity index (χ1v) is 8.88. The summed E-state index contributed by atoms with van der Waals surface area (Å²) in [5.74, 6) is -1.61. The lowest BCUT2D eigenvalue weighted by atomic mass is 10.0. The number of carbonyl (C=O) groups is 2. The lowest BCUT2D eigenvalue weighted by Gasteiger charge is -2.20. The summed E-state index contributed by atoms with van der Waals surface area (Å²) in [7, 11) is 0. The van der Waals surface area contributed by atoms with Crippen molar-refractivity contribution in [1.82, 2.24) is 10.7 Å². The molecule has 0 aliphatic carbocycles. The average Bonchev–Trinajstić information content (AvgIpc) is 2.63. The minimum atomic E-state index is -0.825. The van der Waals surface area contributed by atoms with Gasteiger partial charge < -0.3 is 5.32 Å². The van der Waals surface area contributed by atoms with Gasteiger partial charge in [0.05, 0.1) is 16.3 Å². The lowest BCUT2D eigenvalue weighted by Crippen LogP contribution is -2.48. The first-order valence-electron chi connectivity index (χ1n) is 8.13. The fourth-order valence-electron chi connectivity index (χ4n) is 2.22. The first kappa shape index (κ1) is 20.9. The number of rotatable bonds is 6. The van der Waals surface area contributed by atoms with E-state index >= 15 is 0 Å². The number of carbonyl (C=O) groups excluding carboxylic acids is 2. The summed E-state index contributed by atoms with van der Waals surface area (Å²) in [6.45, 7) is 3.57. The van der Waals surface area contributed by atoms with E-state index in [4.69, 9.17) is 23.2 Å². The Balaban J connectivity index is 2.04. The molecule has 0 saturated carbocycles. The van der Waals surface area contributed by atoms with E-state index in [0.29, 0.717) is 15.6 Å². The van der Waals surface area contributed by atoms with Gasteiger partial charge in [0.25, 0.3) is 11.8 Å². The van der Waals surface area contributed by atoms with Gasteiger partial charge >= 0.3 is 0 Å². The van der Waals surface area contributed by atoms with Gasteiger partial charge in [-0.2, -0.15) is 5.10 Å². The summed E-state index contributed by atoms with van der Waals surface area (Å²) in [6.07, 6.45) is 1.37. The molecule has 0 aromatic heterocycles. The Morgan fingerprint density at radius 1 is 1.11 bits per heavy atom. The number of nitrogens with zero attached hydrogens (tertiary/aromatic N) is 1. The highest BCUT2D eigenvalue weighted by atomic mass is 35.5. The van der Waals surface area contributed by atoms with Crippen LogP contribution in [-0.4, -0.2) is 24.1 Å². The van der Waals surface area contributed by atoms with Crippen molar-refractivity contribution in [1.29, 1.82) is 0 Å². The molecule has 27 heavy (non-hydrogen) atoms. The summed E-state index contributed by atoms with van der Waals surface area (Å²) in [6, 6.07) is 9.26. The molecular formula is C19H18Cl2FN3O2. The molecule has 0 heterocycles. The lowest BCUT2D eigenvalue weighted by molar-refractivity contribution is -0.123. The van der Waals surface area contributed by atoms with E-state index in [-0.39, 0.29) is 11.5 Å². The molecule has 142 valence electrons. The minimum Gasteiger partial charge on any atom is -0.340 e. The third-order valence-electron chi connectivity index (χ3n) is 3.70. The topological polar surface area (TPSA) is 70.6 Å². The quantitative estimate of drug-likeness (QED) is 0.558. The number of hydrogen-bond donors (Lipinski definition) is 2. The van der Waals surface area contributed by atoms with Crippen LogP contribution in [0.5, 0.6) is 0 Å². The highest BCUT2D eigenvalue weighted by Gasteiger charge is 2.24. The van der Waals surface area contributed by atoms with E-state index < -0.39 is 23.7 Å². The summed E-state index contributed by atoms with van der Waals surface area (Å²) in [4.78, 5) is 24.7. The monoisotopic (exact) mass is 409 g/mol. The van der Waals surface area contributed by atoms with E-state index in [1.54, 1.807) is 32.0 Å². The van der Waals surface area contributed by atoms with Crippen molar-refractivity contribution in [3.8, 4) is 0 Å². The maximum atomic E-state index is 13.0. The summed E-state index contributed by atoms with van der Waals surface area (Å²) < 4.78 is 13.0. The zero-order chi connectivity index (χ0) is 20.0. The molecule has 0 aliphatic rings. The molecule has 2 aromatic carbocycles. The van der Waals surface area contributed by atoms with E-state index in [9.17, 15) is 14.0 Å². The van der Waals surface area contributed by atoms with Gasteiger partial charge in [0.2, 0.25) is 0 Å². The number of hydrazone groups is 1. The van der Waals surface area contributed by atoms with E-state index in [1.807, 2.05) is 0 Å².